The highest BCUT2D eigenvalue weighted by atomic mass is 15.3. The summed E-state index contributed by atoms with van der Waals surface area (Å²) in [5.41, 5.74) is 3.75. The molecule has 124 valence electrons. The molecule has 25 heavy (non-hydrogen) atoms. The van der Waals surface area contributed by atoms with E-state index in [1.165, 1.54) is 30.5 Å². The summed E-state index contributed by atoms with van der Waals surface area (Å²) in [4.78, 5) is 7.24. The molecule has 1 aliphatic rings. The summed E-state index contributed by atoms with van der Waals surface area (Å²) in [6.07, 6.45) is 6.52. The molecule has 0 spiro atoms. The molecule has 0 saturated carbocycles. The van der Waals surface area contributed by atoms with Crippen LogP contribution in [0.15, 0.2) is 54.9 Å². The van der Waals surface area contributed by atoms with Crippen molar-refractivity contribution in [3.63, 3.8) is 0 Å². The number of rotatable bonds is 1. The quantitative estimate of drug-likeness (QED) is 0.526. The Morgan fingerprint density at radius 1 is 0.880 bits per heavy atom. The number of benzene rings is 2. The summed E-state index contributed by atoms with van der Waals surface area (Å²) in [6, 6.07) is 17.1. The van der Waals surface area contributed by atoms with E-state index in [4.69, 9.17) is 4.98 Å². The molecule has 1 aliphatic heterocycles. The van der Waals surface area contributed by atoms with Crippen molar-refractivity contribution in [3.05, 3.63) is 60.4 Å². The Bertz CT molecular complexity index is 1050. The van der Waals surface area contributed by atoms with Crippen molar-refractivity contribution < 1.29 is 0 Å². The van der Waals surface area contributed by atoms with Crippen LogP contribution in [0.25, 0.3) is 16.7 Å². The van der Waals surface area contributed by atoms with Crippen molar-refractivity contribution in [2.24, 2.45) is 0 Å². The Balaban J connectivity index is 1.80. The number of aromatic nitrogens is 4. The maximum atomic E-state index is 4.87. The normalized spacial score (nSPS) is 15.1. The van der Waals surface area contributed by atoms with Gasteiger partial charge in [-0.15, -0.1) is 10.2 Å². The third-order valence-corrected chi connectivity index (χ3v) is 5.01. The molecule has 0 fully saturated rings. The number of nitrogens with zero attached hydrogens (tertiary/aromatic N) is 5. The van der Waals surface area contributed by atoms with Crippen molar-refractivity contribution in [1.29, 1.82) is 0 Å². The van der Waals surface area contributed by atoms with E-state index in [1.807, 2.05) is 10.5 Å². The number of fused-ring (bicyclic) bond motifs is 4. The van der Waals surface area contributed by atoms with Crippen LogP contribution in [0.1, 0.15) is 24.8 Å². The predicted octanol–water partition coefficient (Wildman–Crippen LogP) is 4.14. The molecule has 4 aromatic rings. The molecule has 0 saturated heterocycles. The van der Waals surface area contributed by atoms with E-state index in [2.05, 4.69) is 57.6 Å². The van der Waals surface area contributed by atoms with Crippen molar-refractivity contribution in [1.82, 2.24) is 19.6 Å². The minimum Gasteiger partial charge on any atom is -0.325 e. The van der Waals surface area contributed by atoms with Crippen molar-refractivity contribution in [2.75, 3.05) is 11.4 Å². The first kappa shape index (κ1) is 14.4. The smallest absolute Gasteiger partial charge is 0.257 e. The Kier molecular flexibility index (Phi) is 3.37. The van der Waals surface area contributed by atoms with E-state index in [-0.39, 0.29) is 0 Å². The van der Waals surface area contributed by atoms with E-state index in [0.717, 1.165) is 29.7 Å². The fourth-order valence-electron chi connectivity index (χ4n) is 3.80. The summed E-state index contributed by atoms with van der Waals surface area (Å²) < 4.78 is 1.95. The number of hydrogen-bond donors (Lipinski definition) is 0. The van der Waals surface area contributed by atoms with Crippen LogP contribution in [-0.4, -0.2) is 26.1 Å². The SMILES string of the molecule is c1ccc2c(c1)CCCCCN2c1nc2nncn2c2ccccc12. The summed E-state index contributed by atoms with van der Waals surface area (Å²) in [7, 11) is 0. The van der Waals surface area contributed by atoms with E-state index < -0.39 is 0 Å². The Labute approximate surface area is 145 Å². The fraction of sp³-hybridized carbons (Fsp3) is 0.250. The Morgan fingerprint density at radius 3 is 2.76 bits per heavy atom. The van der Waals surface area contributed by atoms with Gasteiger partial charge in [-0.25, -0.2) is 0 Å². The van der Waals surface area contributed by atoms with Gasteiger partial charge in [0, 0.05) is 17.6 Å². The zero-order valence-electron chi connectivity index (χ0n) is 14.0. The molecule has 2 aromatic carbocycles. The molecule has 2 aromatic heterocycles. The van der Waals surface area contributed by atoms with Crippen LogP contribution in [0, 0.1) is 0 Å². The van der Waals surface area contributed by atoms with Gasteiger partial charge in [-0.05, 0) is 43.0 Å². The molecule has 0 amide bonds. The maximum Gasteiger partial charge on any atom is 0.257 e. The standard InChI is InChI=1S/C20H19N5/c1-2-8-15-9-3-5-11-17(15)24(13-7-1)19-16-10-4-6-12-18(16)25-14-21-23-20(25)22-19/h3-6,9-12,14H,1-2,7-8,13H2. The average Bonchev–Trinajstić information content (AvgIpc) is 3.11. The van der Waals surface area contributed by atoms with Crippen LogP contribution in [0.4, 0.5) is 11.5 Å². The molecule has 0 N–H and O–H groups in total. The van der Waals surface area contributed by atoms with Gasteiger partial charge in [0.2, 0.25) is 0 Å². The molecule has 5 rings (SSSR count). The lowest BCUT2D eigenvalue weighted by Gasteiger charge is -2.29. The first-order chi connectivity index (χ1) is 12.4. The lowest BCUT2D eigenvalue weighted by molar-refractivity contribution is 0.660. The summed E-state index contributed by atoms with van der Waals surface area (Å²) in [5.74, 6) is 1.62. The molecule has 0 unspecified atom stereocenters. The third-order valence-electron chi connectivity index (χ3n) is 5.01. The van der Waals surface area contributed by atoms with Gasteiger partial charge in [-0.3, -0.25) is 4.40 Å². The molecule has 0 bridgehead atoms. The number of hydrogen-bond acceptors (Lipinski definition) is 4. The number of aryl methyl sites for hydroxylation is 1. The van der Waals surface area contributed by atoms with E-state index in [0.29, 0.717) is 5.78 Å². The summed E-state index contributed by atoms with van der Waals surface area (Å²) in [5, 5.41) is 9.37. The predicted molar refractivity (Wildman–Crippen MR) is 99.3 cm³/mol. The zero-order valence-corrected chi connectivity index (χ0v) is 14.0. The van der Waals surface area contributed by atoms with Gasteiger partial charge in [-0.1, -0.05) is 36.8 Å². The monoisotopic (exact) mass is 329 g/mol. The molecular formula is C20H19N5. The van der Waals surface area contributed by atoms with Gasteiger partial charge in [0.05, 0.1) is 5.52 Å². The molecular weight excluding hydrogens is 310 g/mol. The van der Waals surface area contributed by atoms with Gasteiger partial charge < -0.3 is 4.90 Å². The first-order valence-electron chi connectivity index (χ1n) is 8.86. The fourth-order valence-corrected chi connectivity index (χ4v) is 3.80. The van der Waals surface area contributed by atoms with Gasteiger partial charge in [0.25, 0.3) is 5.78 Å². The van der Waals surface area contributed by atoms with Crippen molar-refractivity contribution in [2.45, 2.75) is 25.7 Å². The van der Waals surface area contributed by atoms with Crippen LogP contribution in [0.2, 0.25) is 0 Å². The summed E-state index contributed by atoms with van der Waals surface area (Å²) in [6.45, 7) is 0.971. The van der Waals surface area contributed by atoms with Gasteiger partial charge in [-0.2, -0.15) is 4.98 Å². The minimum atomic E-state index is 0.647. The van der Waals surface area contributed by atoms with E-state index in [1.54, 1.807) is 6.33 Å². The second-order valence-electron chi connectivity index (χ2n) is 6.54. The zero-order chi connectivity index (χ0) is 16.6. The van der Waals surface area contributed by atoms with Gasteiger partial charge >= 0.3 is 0 Å². The lowest BCUT2D eigenvalue weighted by Crippen LogP contribution is -2.23. The minimum absolute atomic E-state index is 0.647. The Morgan fingerprint density at radius 2 is 1.76 bits per heavy atom. The topological polar surface area (TPSA) is 46.3 Å². The van der Waals surface area contributed by atoms with Crippen LogP contribution in [-0.2, 0) is 6.42 Å². The molecule has 0 atom stereocenters. The van der Waals surface area contributed by atoms with Crippen LogP contribution >= 0.6 is 0 Å². The highest BCUT2D eigenvalue weighted by molar-refractivity contribution is 5.93. The third kappa shape index (κ3) is 2.35. The van der Waals surface area contributed by atoms with Gasteiger partial charge in [0.15, 0.2) is 0 Å². The summed E-state index contributed by atoms with van der Waals surface area (Å²) >= 11 is 0. The number of para-hydroxylation sites is 2. The van der Waals surface area contributed by atoms with Crippen molar-refractivity contribution in [3.8, 4) is 0 Å². The largest absolute Gasteiger partial charge is 0.325 e. The molecule has 5 heteroatoms. The van der Waals surface area contributed by atoms with E-state index >= 15 is 0 Å². The molecule has 0 radical (unpaired) electrons. The lowest BCUT2D eigenvalue weighted by atomic mass is 10.0. The van der Waals surface area contributed by atoms with Crippen molar-refractivity contribution >= 4 is 28.2 Å². The molecule has 5 nitrogen and oxygen atoms in total. The molecule has 0 aliphatic carbocycles. The van der Waals surface area contributed by atoms with Crippen LogP contribution < -0.4 is 4.90 Å². The second kappa shape index (κ2) is 5.84. The van der Waals surface area contributed by atoms with Gasteiger partial charge in [0.1, 0.15) is 12.1 Å². The van der Waals surface area contributed by atoms with E-state index in [9.17, 15) is 0 Å². The second-order valence-corrected chi connectivity index (χ2v) is 6.54. The first-order valence-corrected chi connectivity index (χ1v) is 8.86. The maximum absolute atomic E-state index is 4.87. The highest BCUT2D eigenvalue weighted by Gasteiger charge is 2.20. The Hall–Kier alpha value is -2.95. The number of anilines is 2. The highest BCUT2D eigenvalue weighted by Crippen LogP contribution is 2.35. The molecule has 3 heterocycles. The van der Waals surface area contributed by atoms with Crippen LogP contribution in [0.5, 0.6) is 0 Å². The average molecular weight is 329 g/mol. The van der Waals surface area contributed by atoms with Crippen LogP contribution in [0.3, 0.4) is 0 Å².